The van der Waals surface area contributed by atoms with Gasteiger partial charge >= 0.3 is 0 Å². The van der Waals surface area contributed by atoms with E-state index in [1.54, 1.807) is 12.3 Å². The van der Waals surface area contributed by atoms with Crippen molar-refractivity contribution in [1.82, 2.24) is 20.6 Å². The van der Waals surface area contributed by atoms with Crippen LogP contribution in [0.15, 0.2) is 18.6 Å². The fourth-order valence-electron chi connectivity index (χ4n) is 1.82. The van der Waals surface area contributed by atoms with Crippen LogP contribution in [0.5, 0.6) is 0 Å². The van der Waals surface area contributed by atoms with Crippen molar-refractivity contribution in [3.05, 3.63) is 24.3 Å². The minimum Gasteiger partial charge on any atom is -0.368 e. The number of hydrogen-bond acceptors (Lipinski definition) is 5. The summed E-state index contributed by atoms with van der Waals surface area (Å²) < 4.78 is 5.55. The van der Waals surface area contributed by atoms with Gasteiger partial charge in [0.15, 0.2) is 0 Å². The fraction of sp³-hybridized carbons (Fsp3) is 0.583. The lowest BCUT2D eigenvalue weighted by atomic mass is 10.1. The molecule has 0 aliphatic carbocycles. The molecular weight excluding hydrogens is 232 g/mol. The van der Waals surface area contributed by atoms with Crippen molar-refractivity contribution in [3.63, 3.8) is 0 Å². The first-order valence-corrected chi connectivity index (χ1v) is 6.18. The molecule has 1 amide bonds. The zero-order valence-corrected chi connectivity index (χ0v) is 10.3. The molecule has 2 heterocycles. The highest BCUT2D eigenvalue weighted by molar-refractivity contribution is 5.77. The predicted octanol–water partition coefficient (Wildman–Crippen LogP) is -0.139. The fourth-order valence-corrected chi connectivity index (χ4v) is 1.82. The molecule has 6 nitrogen and oxygen atoms in total. The average molecular weight is 250 g/mol. The number of carbonyl (C=O) groups excluding carboxylic acids is 1. The van der Waals surface area contributed by atoms with Crippen LogP contribution >= 0.6 is 0 Å². The van der Waals surface area contributed by atoms with Crippen LogP contribution in [0.3, 0.4) is 0 Å². The van der Waals surface area contributed by atoms with E-state index < -0.39 is 0 Å². The Balaban J connectivity index is 1.63. The van der Waals surface area contributed by atoms with Gasteiger partial charge in [0.25, 0.3) is 0 Å². The summed E-state index contributed by atoms with van der Waals surface area (Å²) in [6, 6.07) is 1.77. The van der Waals surface area contributed by atoms with Crippen LogP contribution in [0.1, 0.15) is 18.5 Å². The number of hydrogen-bond donors (Lipinski definition) is 2. The van der Waals surface area contributed by atoms with E-state index >= 15 is 0 Å². The Morgan fingerprint density at radius 2 is 2.33 bits per heavy atom. The number of aromatic nitrogens is 2. The van der Waals surface area contributed by atoms with Crippen LogP contribution < -0.4 is 10.6 Å². The minimum absolute atomic E-state index is 0.104. The molecule has 1 fully saturated rings. The first kappa shape index (κ1) is 12.9. The zero-order chi connectivity index (χ0) is 12.6. The quantitative estimate of drug-likeness (QED) is 0.761. The van der Waals surface area contributed by atoms with Crippen LogP contribution in [0.4, 0.5) is 0 Å². The third kappa shape index (κ3) is 4.38. The van der Waals surface area contributed by atoms with Gasteiger partial charge in [0.1, 0.15) is 12.9 Å². The molecule has 0 spiro atoms. The summed E-state index contributed by atoms with van der Waals surface area (Å²) in [6.45, 7) is 2.47. The summed E-state index contributed by atoms with van der Waals surface area (Å²) in [5.74, 6) is -0.104. The highest BCUT2D eigenvalue weighted by atomic mass is 16.5. The van der Waals surface area contributed by atoms with Crippen LogP contribution in [0, 0.1) is 0 Å². The topological polar surface area (TPSA) is 76.1 Å². The van der Waals surface area contributed by atoms with E-state index in [9.17, 15) is 4.79 Å². The summed E-state index contributed by atoms with van der Waals surface area (Å²) in [5, 5.41) is 6.02. The summed E-state index contributed by atoms with van der Waals surface area (Å²) in [6.07, 6.45) is 5.27. The maximum atomic E-state index is 11.6. The molecule has 0 saturated carbocycles. The monoisotopic (exact) mass is 250 g/mol. The molecule has 1 aliphatic rings. The van der Waals surface area contributed by atoms with Gasteiger partial charge in [-0.15, -0.1) is 0 Å². The lowest BCUT2D eigenvalue weighted by Gasteiger charge is -2.22. The van der Waals surface area contributed by atoms with Gasteiger partial charge in [-0.2, -0.15) is 0 Å². The van der Waals surface area contributed by atoms with Gasteiger partial charge in [-0.25, -0.2) is 9.97 Å². The van der Waals surface area contributed by atoms with Gasteiger partial charge in [-0.05, 0) is 32.0 Å². The number of nitrogens with one attached hydrogen (secondary N) is 2. The standard InChI is InChI=1S/C12H18N4O2/c17-12(8-18-11-2-5-13-6-3-11)15-7-10-1-4-14-9-16-10/h1,4,9,11,13H,2-3,5-8H2,(H,15,17). The molecule has 1 aliphatic heterocycles. The molecule has 6 heteroatoms. The second-order valence-corrected chi connectivity index (χ2v) is 4.24. The van der Waals surface area contributed by atoms with Crippen LogP contribution in [0.2, 0.25) is 0 Å². The summed E-state index contributed by atoms with van der Waals surface area (Å²) in [5.41, 5.74) is 0.792. The van der Waals surface area contributed by atoms with E-state index in [2.05, 4.69) is 20.6 Å². The Morgan fingerprint density at radius 1 is 1.50 bits per heavy atom. The number of ether oxygens (including phenoxy) is 1. The molecule has 0 atom stereocenters. The number of piperidine rings is 1. The maximum absolute atomic E-state index is 11.6. The molecule has 0 radical (unpaired) electrons. The predicted molar refractivity (Wildman–Crippen MR) is 65.7 cm³/mol. The molecule has 0 unspecified atom stereocenters. The van der Waals surface area contributed by atoms with Crippen molar-refractivity contribution in [2.75, 3.05) is 19.7 Å². The van der Waals surface area contributed by atoms with Crippen LogP contribution in [0.25, 0.3) is 0 Å². The Bertz CT molecular complexity index is 366. The molecule has 18 heavy (non-hydrogen) atoms. The number of amides is 1. The van der Waals surface area contributed by atoms with Crippen LogP contribution in [-0.2, 0) is 16.1 Å². The summed E-state index contributed by atoms with van der Waals surface area (Å²) in [4.78, 5) is 19.4. The van der Waals surface area contributed by atoms with Crippen LogP contribution in [-0.4, -0.2) is 41.7 Å². The molecule has 1 saturated heterocycles. The van der Waals surface area contributed by atoms with E-state index in [0.717, 1.165) is 31.6 Å². The maximum Gasteiger partial charge on any atom is 0.246 e. The molecule has 98 valence electrons. The van der Waals surface area contributed by atoms with Crippen molar-refractivity contribution < 1.29 is 9.53 Å². The largest absolute Gasteiger partial charge is 0.368 e. The third-order valence-electron chi connectivity index (χ3n) is 2.85. The molecule has 2 N–H and O–H groups in total. The van der Waals surface area contributed by atoms with E-state index in [-0.39, 0.29) is 18.6 Å². The molecule has 1 aromatic heterocycles. The third-order valence-corrected chi connectivity index (χ3v) is 2.85. The van der Waals surface area contributed by atoms with Gasteiger partial charge in [0, 0.05) is 6.20 Å². The normalized spacial score (nSPS) is 16.4. The molecule has 0 aromatic carbocycles. The van der Waals surface area contributed by atoms with Crippen molar-refractivity contribution in [2.45, 2.75) is 25.5 Å². The molecular formula is C12H18N4O2. The van der Waals surface area contributed by atoms with E-state index in [1.165, 1.54) is 6.33 Å². The lowest BCUT2D eigenvalue weighted by molar-refractivity contribution is -0.128. The van der Waals surface area contributed by atoms with Gasteiger partial charge in [0.2, 0.25) is 5.91 Å². The Hall–Kier alpha value is -1.53. The SMILES string of the molecule is O=C(COC1CCNCC1)NCc1ccncn1. The van der Waals surface area contributed by atoms with E-state index in [0.29, 0.717) is 6.54 Å². The van der Waals surface area contributed by atoms with Gasteiger partial charge in [0.05, 0.1) is 18.3 Å². The van der Waals surface area contributed by atoms with Crippen molar-refractivity contribution in [3.8, 4) is 0 Å². The first-order chi connectivity index (χ1) is 8.84. The molecule has 2 rings (SSSR count). The number of carbonyl (C=O) groups is 1. The Labute approximate surface area is 106 Å². The highest BCUT2D eigenvalue weighted by Gasteiger charge is 2.14. The van der Waals surface area contributed by atoms with Crippen molar-refractivity contribution >= 4 is 5.91 Å². The van der Waals surface area contributed by atoms with Crippen molar-refractivity contribution in [2.24, 2.45) is 0 Å². The van der Waals surface area contributed by atoms with E-state index in [4.69, 9.17) is 4.74 Å². The Kier molecular flexibility index (Phi) is 5.04. The second-order valence-electron chi connectivity index (χ2n) is 4.24. The Morgan fingerprint density at radius 3 is 3.06 bits per heavy atom. The average Bonchev–Trinajstić information content (AvgIpc) is 2.45. The molecule has 0 bridgehead atoms. The zero-order valence-electron chi connectivity index (χ0n) is 10.3. The first-order valence-electron chi connectivity index (χ1n) is 6.18. The summed E-state index contributed by atoms with van der Waals surface area (Å²) in [7, 11) is 0. The van der Waals surface area contributed by atoms with E-state index in [1.807, 2.05) is 0 Å². The summed E-state index contributed by atoms with van der Waals surface area (Å²) >= 11 is 0. The van der Waals surface area contributed by atoms with Crippen molar-refractivity contribution in [1.29, 1.82) is 0 Å². The smallest absolute Gasteiger partial charge is 0.246 e. The second kappa shape index (κ2) is 7.03. The highest BCUT2D eigenvalue weighted by Crippen LogP contribution is 2.06. The van der Waals surface area contributed by atoms with Gasteiger partial charge in [-0.3, -0.25) is 4.79 Å². The lowest BCUT2D eigenvalue weighted by Crippen LogP contribution is -2.35. The number of rotatable bonds is 5. The van der Waals surface area contributed by atoms with Gasteiger partial charge < -0.3 is 15.4 Å². The minimum atomic E-state index is -0.104. The van der Waals surface area contributed by atoms with Gasteiger partial charge in [-0.1, -0.05) is 0 Å². The molecule has 1 aromatic rings. The number of nitrogens with zero attached hydrogens (tertiary/aromatic N) is 2.